The summed E-state index contributed by atoms with van der Waals surface area (Å²) in [4.78, 5) is 17.1. The highest BCUT2D eigenvalue weighted by Gasteiger charge is 2.49. The van der Waals surface area contributed by atoms with Crippen LogP contribution in [0.1, 0.15) is 22.5 Å². The molecule has 0 unspecified atom stereocenters. The van der Waals surface area contributed by atoms with Gasteiger partial charge in [-0.1, -0.05) is 182 Å². The zero-order valence-corrected chi connectivity index (χ0v) is 37.7. The summed E-state index contributed by atoms with van der Waals surface area (Å²) in [6.45, 7) is 0. The Labute approximate surface area is 402 Å². The van der Waals surface area contributed by atoms with Crippen molar-refractivity contribution < 1.29 is 4.42 Å². The highest BCUT2D eigenvalue weighted by atomic mass is 16.3. The molecule has 0 saturated carbocycles. The molecule has 1 aliphatic carbocycles. The molecule has 4 aromatic heterocycles. The van der Waals surface area contributed by atoms with E-state index in [0.717, 1.165) is 105 Å². The summed E-state index contributed by atoms with van der Waals surface area (Å²) in [5.74, 6) is 1.77. The van der Waals surface area contributed by atoms with Crippen LogP contribution in [0.5, 0.6) is 0 Å². The van der Waals surface area contributed by atoms with Crippen molar-refractivity contribution in [2.45, 2.75) is 5.41 Å². The van der Waals surface area contributed by atoms with Gasteiger partial charge in [-0.2, -0.15) is 9.97 Å². The van der Waals surface area contributed by atoms with Gasteiger partial charge in [-0.05, 0) is 93.5 Å². The first-order valence-corrected chi connectivity index (χ1v) is 23.8. The molecule has 10 aromatic carbocycles. The van der Waals surface area contributed by atoms with Crippen molar-refractivity contribution in [1.29, 1.82) is 0 Å². The van der Waals surface area contributed by atoms with Crippen LogP contribution in [0.3, 0.4) is 0 Å². The monoisotopic (exact) mass is 893 g/mol. The van der Waals surface area contributed by atoms with Gasteiger partial charge in [0.15, 0.2) is 11.6 Å². The summed E-state index contributed by atoms with van der Waals surface area (Å²) >= 11 is 0. The third-order valence-electron chi connectivity index (χ3n) is 14.6. The van der Waals surface area contributed by atoms with E-state index < -0.39 is 5.41 Å². The second-order valence-corrected chi connectivity index (χ2v) is 18.3. The molecule has 0 atom stereocenters. The molecule has 0 bridgehead atoms. The first kappa shape index (κ1) is 38.7. The molecule has 6 heteroatoms. The smallest absolute Gasteiger partial charge is 0.238 e. The van der Waals surface area contributed by atoms with E-state index >= 15 is 0 Å². The molecule has 4 heterocycles. The number of rotatable bonds is 6. The number of aromatic nitrogens is 5. The van der Waals surface area contributed by atoms with Crippen LogP contribution in [0.25, 0.3) is 111 Å². The van der Waals surface area contributed by atoms with Crippen molar-refractivity contribution >= 4 is 65.6 Å². The molecule has 326 valence electrons. The predicted molar refractivity (Wildman–Crippen MR) is 284 cm³/mol. The van der Waals surface area contributed by atoms with E-state index in [1.54, 1.807) is 0 Å². The normalized spacial score (nSPS) is 13.0. The zero-order valence-electron chi connectivity index (χ0n) is 37.7. The van der Waals surface area contributed by atoms with Gasteiger partial charge in [0, 0.05) is 43.6 Å². The molecule has 1 aliphatic rings. The van der Waals surface area contributed by atoms with Crippen molar-refractivity contribution in [1.82, 2.24) is 24.1 Å². The Hall–Kier alpha value is -9.39. The summed E-state index contributed by atoms with van der Waals surface area (Å²) < 4.78 is 11.0. The third kappa shape index (κ3) is 5.41. The molecule has 70 heavy (non-hydrogen) atoms. The number of hydrogen-bond donors (Lipinski definition) is 0. The number of benzene rings is 10. The number of fused-ring (bicyclic) bond motifs is 12. The predicted octanol–water partition coefficient (Wildman–Crippen LogP) is 15.7. The van der Waals surface area contributed by atoms with Gasteiger partial charge in [0.1, 0.15) is 16.6 Å². The van der Waals surface area contributed by atoms with Crippen LogP contribution >= 0.6 is 0 Å². The fraction of sp³-hybridized carbons (Fsp3) is 0.0156. The van der Waals surface area contributed by atoms with E-state index in [1.807, 2.05) is 18.2 Å². The Morgan fingerprint density at radius 1 is 0.357 bits per heavy atom. The van der Waals surface area contributed by atoms with E-state index in [0.29, 0.717) is 17.6 Å². The van der Waals surface area contributed by atoms with Crippen LogP contribution in [-0.4, -0.2) is 24.1 Å². The molecule has 15 rings (SSSR count). The minimum atomic E-state index is -0.969. The number of para-hydroxylation sites is 5. The van der Waals surface area contributed by atoms with Gasteiger partial charge in [0.05, 0.1) is 22.1 Å². The van der Waals surface area contributed by atoms with Crippen molar-refractivity contribution in [3.8, 4) is 45.3 Å². The summed E-state index contributed by atoms with van der Waals surface area (Å²) in [6.07, 6.45) is 0. The Bertz CT molecular complexity index is 4340. The SMILES string of the molecule is c1ccc(-n2c3ccccc3c3ccc(C4(c5nc(-c6cccc(-c7cccc8oc9ccccc9c78)c6)nc(-n6c7ccccc7c7ccccc76)n5)c5ccccc5-c5ccccc54)cc32)cc1. The Kier molecular flexibility index (Phi) is 8.18. The quantitative estimate of drug-likeness (QED) is 0.167. The van der Waals surface area contributed by atoms with Gasteiger partial charge in [-0.25, -0.2) is 4.98 Å². The molecule has 0 saturated heterocycles. The van der Waals surface area contributed by atoms with Gasteiger partial charge in [0.25, 0.3) is 0 Å². The molecular weight excluding hydrogens is 855 g/mol. The van der Waals surface area contributed by atoms with Crippen molar-refractivity contribution in [2.24, 2.45) is 0 Å². The largest absolute Gasteiger partial charge is 0.456 e. The topological polar surface area (TPSA) is 61.7 Å². The van der Waals surface area contributed by atoms with Crippen LogP contribution in [-0.2, 0) is 5.41 Å². The number of nitrogens with zero attached hydrogens (tertiary/aromatic N) is 5. The Balaban J connectivity index is 1.06. The summed E-state index contributed by atoms with van der Waals surface area (Å²) in [7, 11) is 0. The lowest BCUT2D eigenvalue weighted by Crippen LogP contribution is -2.32. The average molecular weight is 894 g/mol. The molecule has 0 spiro atoms. The van der Waals surface area contributed by atoms with Crippen LogP contribution in [0.2, 0.25) is 0 Å². The molecule has 0 aliphatic heterocycles. The minimum Gasteiger partial charge on any atom is -0.456 e. The Morgan fingerprint density at radius 2 is 0.900 bits per heavy atom. The van der Waals surface area contributed by atoms with Gasteiger partial charge in [-0.15, -0.1) is 0 Å². The number of furan rings is 1. The first-order chi connectivity index (χ1) is 34.7. The van der Waals surface area contributed by atoms with E-state index in [4.69, 9.17) is 19.4 Å². The van der Waals surface area contributed by atoms with Crippen LogP contribution in [0.4, 0.5) is 0 Å². The zero-order chi connectivity index (χ0) is 45.9. The summed E-state index contributed by atoms with van der Waals surface area (Å²) in [5.41, 5.74) is 14.8. The maximum absolute atomic E-state index is 6.38. The average Bonchev–Trinajstić information content (AvgIpc) is 4.17. The first-order valence-electron chi connectivity index (χ1n) is 23.8. The van der Waals surface area contributed by atoms with Gasteiger partial charge < -0.3 is 8.98 Å². The van der Waals surface area contributed by atoms with E-state index in [9.17, 15) is 0 Å². The molecule has 0 fully saturated rings. The fourth-order valence-electron chi connectivity index (χ4n) is 11.7. The Morgan fingerprint density at radius 3 is 1.61 bits per heavy atom. The van der Waals surface area contributed by atoms with Gasteiger partial charge in [0.2, 0.25) is 5.95 Å². The van der Waals surface area contributed by atoms with Gasteiger partial charge in [-0.3, -0.25) is 4.57 Å². The van der Waals surface area contributed by atoms with Crippen LogP contribution < -0.4 is 0 Å². The maximum Gasteiger partial charge on any atom is 0.238 e. The lowest BCUT2D eigenvalue weighted by atomic mass is 9.71. The fourth-order valence-corrected chi connectivity index (χ4v) is 11.7. The molecular formula is C64H39N5O. The van der Waals surface area contributed by atoms with E-state index in [2.05, 4.69) is 228 Å². The highest BCUT2D eigenvalue weighted by Crippen LogP contribution is 2.56. The lowest BCUT2D eigenvalue weighted by molar-refractivity contribution is 0.669. The van der Waals surface area contributed by atoms with E-state index in [-0.39, 0.29) is 0 Å². The standard InChI is InChI=1S/C64H39N5O/c1-2-20-43(21-3-1)68-54-31-12-6-26-49(54)50-37-36-42(39-57(50)68)64(52-29-10-4-22-45(52)46-23-5-11-30-53(46)64)62-65-61(66-63(67-62)69-55-32-13-7-24-47(55)48-25-8-14-33-56(48)69)41-19-16-18-40(38-41)44-28-17-35-59-60(44)51-27-9-15-34-58(51)70-59/h1-39H. The molecule has 0 amide bonds. The van der Waals surface area contributed by atoms with Crippen LogP contribution in [0.15, 0.2) is 241 Å². The second-order valence-electron chi connectivity index (χ2n) is 18.3. The van der Waals surface area contributed by atoms with Crippen molar-refractivity contribution in [3.05, 3.63) is 259 Å². The van der Waals surface area contributed by atoms with Crippen molar-refractivity contribution in [2.75, 3.05) is 0 Å². The molecule has 14 aromatic rings. The van der Waals surface area contributed by atoms with Crippen molar-refractivity contribution in [3.63, 3.8) is 0 Å². The summed E-state index contributed by atoms with van der Waals surface area (Å²) in [6, 6.07) is 84.3. The molecule has 0 radical (unpaired) electrons. The summed E-state index contributed by atoms with van der Waals surface area (Å²) in [5, 5.41) is 6.81. The van der Waals surface area contributed by atoms with E-state index in [1.165, 1.54) is 10.8 Å². The van der Waals surface area contributed by atoms with Gasteiger partial charge >= 0.3 is 0 Å². The van der Waals surface area contributed by atoms with Crippen LogP contribution in [0, 0.1) is 0 Å². The lowest BCUT2D eigenvalue weighted by Gasteiger charge is -2.32. The minimum absolute atomic E-state index is 0.548. The third-order valence-corrected chi connectivity index (χ3v) is 14.6. The number of hydrogen-bond acceptors (Lipinski definition) is 4. The second kappa shape index (κ2) is 14.8. The maximum atomic E-state index is 6.38. The highest BCUT2D eigenvalue weighted by molar-refractivity contribution is 6.13. The molecule has 0 N–H and O–H groups in total. The molecule has 6 nitrogen and oxygen atoms in total.